The Morgan fingerprint density at radius 1 is 1.11 bits per heavy atom. The quantitative estimate of drug-likeness (QED) is 0.440. The fraction of sp³-hybridized carbons (Fsp3) is 1.00. The van der Waals surface area contributed by atoms with Gasteiger partial charge in [-0.25, -0.2) is 0 Å². The maximum atomic E-state index is 10.5. The Hall–Kier alpha value is 0.0300. The van der Waals surface area contributed by atoms with Gasteiger partial charge in [0.05, 0.1) is 56.7 Å². The molecule has 0 saturated heterocycles. The summed E-state index contributed by atoms with van der Waals surface area (Å²) in [5.74, 6) is 0. The van der Waals surface area contributed by atoms with Crippen LogP contribution in [0.5, 0.6) is 0 Å². The molecule has 0 N–H and O–H groups in total. The molecule has 0 rings (SSSR count). The number of quaternary nitrogens is 2. The topological polar surface area (TPSA) is 72.4 Å². The van der Waals surface area contributed by atoms with E-state index in [1.165, 1.54) is 0 Å². The van der Waals surface area contributed by atoms with Crippen LogP contribution in [0.4, 0.5) is 0 Å². The lowest BCUT2D eigenvalue weighted by molar-refractivity contribution is -0.898. The Morgan fingerprint density at radius 2 is 1.61 bits per heavy atom. The van der Waals surface area contributed by atoms with Crippen molar-refractivity contribution in [2.24, 2.45) is 0 Å². The first kappa shape index (κ1) is 18.0. The highest BCUT2D eigenvalue weighted by atomic mass is 31.2. The first-order chi connectivity index (χ1) is 7.81. The maximum absolute atomic E-state index is 10.5. The number of likely N-dealkylation sites (N-methyl/N-ethyl adjacent to an activating group) is 1. The van der Waals surface area contributed by atoms with Gasteiger partial charge in [-0.2, -0.15) is 0 Å². The average molecular weight is 282 g/mol. The van der Waals surface area contributed by atoms with Gasteiger partial charge in [-0.15, -0.1) is 0 Å². The van der Waals surface area contributed by atoms with Gasteiger partial charge in [0, 0.05) is 12.8 Å². The molecule has 0 bridgehead atoms. The number of hydrogen-bond donors (Lipinski definition) is 0. The van der Waals surface area contributed by atoms with E-state index in [1.54, 1.807) is 0 Å². The van der Waals surface area contributed by atoms with Crippen molar-refractivity contribution in [3.05, 3.63) is 0 Å². The molecule has 0 aliphatic heterocycles. The summed E-state index contributed by atoms with van der Waals surface area (Å²) in [6.07, 6.45) is 1.80. The smallest absolute Gasteiger partial charge is 0.113 e. The molecule has 0 fully saturated rings. The molecule has 110 valence electrons. The van der Waals surface area contributed by atoms with Gasteiger partial charge in [-0.3, -0.25) is 0 Å². The van der Waals surface area contributed by atoms with E-state index in [4.69, 9.17) is 0 Å². The molecular formula is C11H27N2O4P. The maximum Gasteiger partial charge on any atom is 0.113 e. The first-order valence-corrected chi connectivity index (χ1v) is 7.55. The number of phosphoric ester groups is 1. The summed E-state index contributed by atoms with van der Waals surface area (Å²) in [6.45, 7) is 0.966. The molecule has 0 aromatic heterocycles. The van der Waals surface area contributed by atoms with E-state index >= 15 is 0 Å². The van der Waals surface area contributed by atoms with Crippen molar-refractivity contribution in [2.45, 2.75) is 18.9 Å². The summed E-state index contributed by atoms with van der Waals surface area (Å²) in [7, 11) is 7.39. The number of hydrogen-bond acceptors (Lipinski definition) is 4. The van der Waals surface area contributed by atoms with E-state index in [9.17, 15) is 14.4 Å². The largest absolute Gasteiger partial charge is 0.790 e. The molecular weight excluding hydrogens is 255 g/mol. The van der Waals surface area contributed by atoms with Gasteiger partial charge in [0.15, 0.2) is 0 Å². The second-order valence-electron chi connectivity index (χ2n) is 6.67. The molecule has 1 atom stereocenters. The van der Waals surface area contributed by atoms with Gasteiger partial charge in [0.25, 0.3) is 0 Å². The zero-order chi connectivity index (χ0) is 14.6. The summed E-state index contributed by atoms with van der Waals surface area (Å²) >= 11 is 0. The Bertz CT molecular complexity index is 290. The lowest BCUT2D eigenvalue weighted by atomic mass is 10.1. The van der Waals surface area contributed by atoms with Gasteiger partial charge >= 0.3 is 0 Å². The second-order valence-corrected chi connectivity index (χ2v) is 7.82. The van der Waals surface area contributed by atoms with Gasteiger partial charge in [-0.1, -0.05) is 0 Å². The highest BCUT2D eigenvalue weighted by molar-refractivity contribution is 7.43. The first-order valence-electron chi connectivity index (χ1n) is 6.09. The van der Waals surface area contributed by atoms with Gasteiger partial charge < -0.3 is 27.8 Å². The highest BCUT2D eigenvalue weighted by Crippen LogP contribution is 2.26. The van der Waals surface area contributed by atoms with Crippen LogP contribution in [0.15, 0.2) is 0 Å². The van der Waals surface area contributed by atoms with Crippen LogP contribution in [0, 0.1) is 0 Å². The number of rotatable bonds is 8. The summed E-state index contributed by atoms with van der Waals surface area (Å²) in [4.78, 5) is 21.1. The van der Waals surface area contributed by atoms with Crippen molar-refractivity contribution >= 4 is 7.82 Å². The van der Waals surface area contributed by atoms with Crippen LogP contribution >= 0.6 is 7.82 Å². The molecule has 0 aliphatic rings. The van der Waals surface area contributed by atoms with Crippen molar-refractivity contribution in [3.8, 4) is 0 Å². The lowest BCUT2D eigenvalue weighted by Gasteiger charge is -2.37. The van der Waals surface area contributed by atoms with Crippen LogP contribution in [0.3, 0.4) is 0 Å². The van der Waals surface area contributed by atoms with Crippen LogP contribution < -0.4 is 9.79 Å². The monoisotopic (exact) mass is 282 g/mol. The molecule has 6 nitrogen and oxygen atoms in total. The molecule has 18 heavy (non-hydrogen) atoms. The molecule has 0 spiro atoms. The summed E-state index contributed by atoms with van der Waals surface area (Å²) in [5.41, 5.74) is 0. The van der Waals surface area contributed by atoms with Crippen molar-refractivity contribution in [1.29, 1.82) is 0 Å². The van der Waals surface area contributed by atoms with Crippen molar-refractivity contribution in [1.82, 2.24) is 0 Å². The molecule has 0 heterocycles. The average Bonchev–Trinajstić information content (AvgIpc) is 2.04. The third-order valence-electron chi connectivity index (χ3n) is 2.89. The van der Waals surface area contributed by atoms with Crippen molar-refractivity contribution in [3.63, 3.8) is 0 Å². The Labute approximate surface area is 111 Å². The van der Waals surface area contributed by atoms with E-state index in [1.807, 2.05) is 21.1 Å². The predicted molar refractivity (Wildman–Crippen MR) is 67.5 cm³/mol. The molecule has 0 radical (unpaired) electrons. The molecule has 7 heteroatoms. The van der Waals surface area contributed by atoms with Crippen LogP contribution in [-0.4, -0.2) is 70.4 Å². The third-order valence-corrected chi connectivity index (χ3v) is 3.35. The number of phosphoric acid groups is 1. The summed E-state index contributed by atoms with van der Waals surface area (Å²) < 4.78 is 16.4. The SMILES string of the molecule is C[N+](C)(C)CCCC(COP(=O)([O-])[O-])[N+](C)(C)C. The van der Waals surface area contributed by atoms with Crippen molar-refractivity contribution < 1.29 is 27.8 Å². The normalized spacial score (nSPS) is 15.8. The fourth-order valence-electron chi connectivity index (χ4n) is 1.67. The van der Waals surface area contributed by atoms with E-state index in [-0.39, 0.29) is 12.6 Å². The Morgan fingerprint density at radius 3 is 1.94 bits per heavy atom. The van der Waals surface area contributed by atoms with Crippen LogP contribution in [0.1, 0.15) is 12.8 Å². The van der Waals surface area contributed by atoms with Gasteiger partial charge in [0.1, 0.15) is 12.6 Å². The lowest BCUT2D eigenvalue weighted by Crippen LogP contribution is -2.48. The minimum atomic E-state index is -4.87. The highest BCUT2D eigenvalue weighted by Gasteiger charge is 2.25. The zero-order valence-corrected chi connectivity index (χ0v) is 13.3. The summed E-state index contributed by atoms with van der Waals surface area (Å²) in [5, 5.41) is 0. The standard InChI is InChI=1S/C11H27N2O4P/c1-12(2,3)9-7-8-11(13(4,5)6)10-17-18(14,15)16/h11H,7-10H2,1-6H3. The molecule has 0 saturated carbocycles. The minimum Gasteiger partial charge on any atom is -0.790 e. The fourth-order valence-corrected chi connectivity index (χ4v) is 2.03. The molecule has 0 amide bonds. The number of nitrogens with zero attached hydrogens (tertiary/aromatic N) is 2. The molecule has 1 unspecified atom stereocenters. The van der Waals surface area contributed by atoms with E-state index in [0.29, 0.717) is 4.48 Å². The Balaban J connectivity index is 4.31. The predicted octanol–water partition coefficient (Wildman–Crippen LogP) is -0.607. The van der Waals surface area contributed by atoms with E-state index < -0.39 is 7.82 Å². The van der Waals surface area contributed by atoms with Gasteiger partial charge in [0.2, 0.25) is 0 Å². The van der Waals surface area contributed by atoms with Crippen LogP contribution in [0.2, 0.25) is 0 Å². The van der Waals surface area contributed by atoms with Crippen LogP contribution in [-0.2, 0) is 9.09 Å². The van der Waals surface area contributed by atoms with Crippen LogP contribution in [0.25, 0.3) is 0 Å². The molecule has 0 aliphatic carbocycles. The molecule has 0 aromatic rings. The molecule has 0 aromatic carbocycles. The van der Waals surface area contributed by atoms with Gasteiger partial charge in [-0.05, 0) is 0 Å². The summed E-state index contributed by atoms with van der Waals surface area (Å²) in [6, 6.07) is 0.00720. The minimum absolute atomic E-state index is 0.00720. The van der Waals surface area contributed by atoms with E-state index in [0.717, 1.165) is 23.9 Å². The second kappa shape index (κ2) is 6.46. The van der Waals surface area contributed by atoms with E-state index in [2.05, 4.69) is 25.7 Å². The van der Waals surface area contributed by atoms with Crippen molar-refractivity contribution in [2.75, 3.05) is 55.4 Å². The zero-order valence-electron chi connectivity index (χ0n) is 12.4. The Kier molecular flexibility index (Phi) is 6.47. The third kappa shape index (κ3) is 10.00.